The van der Waals surface area contributed by atoms with Crippen LogP contribution in [-0.2, 0) is 21.4 Å². The second-order valence-electron chi connectivity index (χ2n) is 5.67. The van der Waals surface area contributed by atoms with Gasteiger partial charge >= 0.3 is 0 Å². The zero-order valence-electron chi connectivity index (χ0n) is 12.3. The topological polar surface area (TPSA) is 99.2 Å². The van der Waals surface area contributed by atoms with E-state index in [0.717, 1.165) is 0 Å². The van der Waals surface area contributed by atoms with E-state index in [1.807, 2.05) is 0 Å². The maximum absolute atomic E-state index is 13.7. The predicted octanol–water partition coefficient (Wildman–Crippen LogP) is 0.757. The van der Waals surface area contributed by atoms with Gasteiger partial charge in [0.15, 0.2) is 0 Å². The number of halogens is 1. The summed E-state index contributed by atoms with van der Waals surface area (Å²) in [7, 11) is -3.75. The molecule has 7 nitrogen and oxygen atoms in total. The zero-order valence-corrected chi connectivity index (χ0v) is 13.1. The van der Waals surface area contributed by atoms with E-state index in [2.05, 4.69) is 15.4 Å². The van der Waals surface area contributed by atoms with Crippen LogP contribution in [0.15, 0.2) is 30.5 Å². The van der Waals surface area contributed by atoms with Gasteiger partial charge in [-0.15, -0.1) is 0 Å². The van der Waals surface area contributed by atoms with Crippen molar-refractivity contribution in [2.24, 2.45) is 0 Å². The minimum atomic E-state index is -3.75. The lowest BCUT2D eigenvalue weighted by Gasteiger charge is -2.37. The first-order valence-electron chi connectivity index (χ1n) is 7.21. The number of aliphatic hydroxyl groups is 1. The van der Waals surface area contributed by atoms with Crippen molar-refractivity contribution < 1.29 is 17.9 Å². The largest absolute Gasteiger partial charge is 0.382 e. The van der Waals surface area contributed by atoms with Crippen LogP contribution in [0, 0.1) is 5.82 Å². The number of aromatic amines is 1. The molecule has 1 atom stereocenters. The van der Waals surface area contributed by atoms with E-state index in [0.29, 0.717) is 18.5 Å². The van der Waals surface area contributed by atoms with Gasteiger partial charge in [-0.1, -0.05) is 18.2 Å². The first-order chi connectivity index (χ1) is 10.9. The van der Waals surface area contributed by atoms with Gasteiger partial charge in [0.1, 0.15) is 17.1 Å². The van der Waals surface area contributed by atoms with Crippen molar-refractivity contribution in [3.63, 3.8) is 0 Å². The summed E-state index contributed by atoms with van der Waals surface area (Å²) in [6.45, 7) is 0.174. The smallest absolute Gasteiger partial charge is 0.218 e. The molecule has 0 saturated carbocycles. The normalized spacial score (nSPS) is 23.0. The van der Waals surface area contributed by atoms with Crippen LogP contribution in [0.4, 0.5) is 4.39 Å². The summed E-state index contributed by atoms with van der Waals surface area (Å²) in [6.07, 6.45) is 2.26. The molecule has 1 fully saturated rings. The maximum Gasteiger partial charge on any atom is 0.218 e. The second-order valence-corrected chi connectivity index (χ2v) is 7.64. The maximum atomic E-state index is 13.7. The summed E-state index contributed by atoms with van der Waals surface area (Å²) >= 11 is 0. The number of rotatable bonds is 4. The van der Waals surface area contributed by atoms with E-state index in [4.69, 9.17) is 0 Å². The molecule has 0 spiro atoms. The van der Waals surface area contributed by atoms with Crippen molar-refractivity contribution in [1.29, 1.82) is 0 Å². The number of sulfonamides is 1. The summed E-state index contributed by atoms with van der Waals surface area (Å²) in [5, 5.41) is 20.6. The third-order valence-corrected chi connectivity index (χ3v) is 5.79. The number of benzene rings is 1. The number of nitrogens with one attached hydrogen (secondary N) is 1. The highest BCUT2D eigenvalue weighted by Crippen LogP contribution is 2.31. The van der Waals surface area contributed by atoms with Crippen molar-refractivity contribution in [3.8, 4) is 0 Å². The Morgan fingerprint density at radius 2 is 2.17 bits per heavy atom. The molecule has 0 bridgehead atoms. The standard InChI is InChI=1S/C14H17FN4O3S/c15-12-5-2-1-4-11(12)9-23(21,22)19-7-3-6-14(20,10-19)13-8-16-18-17-13/h1-2,4-5,8,20H,3,6-7,9-10H2,(H,16,17,18). The van der Waals surface area contributed by atoms with Crippen LogP contribution < -0.4 is 0 Å². The summed E-state index contributed by atoms with van der Waals surface area (Å²) in [4.78, 5) is 0. The monoisotopic (exact) mass is 340 g/mol. The number of aromatic nitrogens is 3. The molecule has 0 aliphatic carbocycles. The van der Waals surface area contributed by atoms with Crippen LogP contribution in [0.2, 0.25) is 0 Å². The molecule has 0 amide bonds. The molecule has 1 aromatic carbocycles. The molecule has 1 saturated heterocycles. The fourth-order valence-electron chi connectivity index (χ4n) is 2.77. The Bertz CT molecular complexity index is 781. The number of hydrogen-bond acceptors (Lipinski definition) is 5. The lowest BCUT2D eigenvalue weighted by Crippen LogP contribution is -2.49. The number of β-amino-alcohol motifs (C(OH)–C–C–N with tert-alkyl or cyclic N) is 1. The summed E-state index contributed by atoms with van der Waals surface area (Å²) in [5.74, 6) is -0.992. The average Bonchev–Trinajstić information content (AvgIpc) is 3.05. The lowest BCUT2D eigenvalue weighted by molar-refractivity contribution is -0.0161. The number of piperidine rings is 1. The van der Waals surface area contributed by atoms with Gasteiger partial charge in [0, 0.05) is 18.7 Å². The van der Waals surface area contributed by atoms with Crippen LogP contribution in [0.5, 0.6) is 0 Å². The Kier molecular flexibility index (Phi) is 4.17. The Labute approximate surface area is 133 Å². The Hall–Kier alpha value is -1.84. The summed E-state index contributed by atoms with van der Waals surface area (Å²) < 4.78 is 40.0. The fourth-order valence-corrected chi connectivity index (χ4v) is 4.40. The molecule has 1 unspecified atom stereocenters. The third-order valence-electron chi connectivity index (χ3n) is 4.02. The lowest BCUT2D eigenvalue weighted by atomic mass is 9.91. The number of nitrogens with zero attached hydrogens (tertiary/aromatic N) is 3. The SMILES string of the molecule is O=S(=O)(Cc1ccccc1F)N1CCCC(O)(c2cn[nH]n2)C1. The average molecular weight is 340 g/mol. The van der Waals surface area contributed by atoms with Crippen LogP contribution in [0.3, 0.4) is 0 Å². The van der Waals surface area contributed by atoms with E-state index in [9.17, 15) is 17.9 Å². The Morgan fingerprint density at radius 3 is 2.87 bits per heavy atom. The summed E-state index contributed by atoms with van der Waals surface area (Å²) in [6, 6.07) is 5.78. The Balaban J connectivity index is 1.82. The molecule has 3 rings (SSSR count). The van der Waals surface area contributed by atoms with Crippen molar-refractivity contribution in [1.82, 2.24) is 19.7 Å². The molecule has 1 aromatic heterocycles. The van der Waals surface area contributed by atoms with Crippen molar-refractivity contribution in [2.75, 3.05) is 13.1 Å². The van der Waals surface area contributed by atoms with Gasteiger partial charge < -0.3 is 5.11 Å². The highest BCUT2D eigenvalue weighted by Gasteiger charge is 2.41. The Morgan fingerprint density at radius 1 is 1.39 bits per heavy atom. The zero-order chi connectivity index (χ0) is 16.5. The van der Waals surface area contributed by atoms with Gasteiger partial charge in [0.25, 0.3) is 0 Å². The highest BCUT2D eigenvalue weighted by atomic mass is 32.2. The molecule has 2 heterocycles. The molecule has 1 aliphatic heterocycles. The summed E-state index contributed by atoms with van der Waals surface area (Å²) in [5.41, 5.74) is -0.959. The molecule has 0 radical (unpaired) electrons. The van der Waals surface area contributed by atoms with Gasteiger partial charge in [0.2, 0.25) is 10.0 Å². The van der Waals surface area contributed by atoms with Crippen molar-refractivity contribution in [3.05, 3.63) is 47.5 Å². The van der Waals surface area contributed by atoms with E-state index < -0.39 is 27.2 Å². The van der Waals surface area contributed by atoms with Gasteiger partial charge in [-0.3, -0.25) is 0 Å². The first-order valence-corrected chi connectivity index (χ1v) is 8.81. The van der Waals surface area contributed by atoms with Gasteiger partial charge in [-0.2, -0.15) is 19.7 Å². The molecule has 2 N–H and O–H groups in total. The molecular formula is C14H17FN4O3S. The van der Waals surface area contributed by atoms with E-state index in [1.54, 1.807) is 6.07 Å². The molecule has 23 heavy (non-hydrogen) atoms. The minimum absolute atomic E-state index is 0.114. The minimum Gasteiger partial charge on any atom is -0.382 e. The number of hydrogen-bond donors (Lipinski definition) is 2. The molecular weight excluding hydrogens is 323 g/mol. The van der Waals surface area contributed by atoms with Gasteiger partial charge in [-0.25, -0.2) is 12.8 Å². The van der Waals surface area contributed by atoms with Crippen LogP contribution in [0.1, 0.15) is 24.1 Å². The van der Waals surface area contributed by atoms with E-state index in [1.165, 1.54) is 28.7 Å². The van der Waals surface area contributed by atoms with Crippen LogP contribution >= 0.6 is 0 Å². The molecule has 124 valence electrons. The van der Waals surface area contributed by atoms with Crippen LogP contribution in [-0.4, -0.2) is 46.3 Å². The van der Waals surface area contributed by atoms with Crippen LogP contribution in [0.25, 0.3) is 0 Å². The van der Waals surface area contributed by atoms with Crippen molar-refractivity contribution >= 4 is 10.0 Å². The molecule has 9 heteroatoms. The molecule has 1 aliphatic rings. The quantitative estimate of drug-likeness (QED) is 0.856. The van der Waals surface area contributed by atoms with E-state index in [-0.39, 0.29) is 18.7 Å². The second kappa shape index (κ2) is 5.99. The predicted molar refractivity (Wildman–Crippen MR) is 80.1 cm³/mol. The number of H-pyrrole nitrogens is 1. The fraction of sp³-hybridized carbons (Fsp3) is 0.429. The van der Waals surface area contributed by atoms with Gasteiger partial charge in [-0.05, 0) is 18.9 Å². The van der Waals surface area contributed by atoms with E-state index >= 15 is 0 Å². The third kappa shape index (κ3) is 3.26. The van der Waals surface area contributed by atoms with Crippen molar-refractivity contribution in [2.45, 2.75) is 24.2 Å². The highest BCUT2D eigenvalue weighted by molar-refractivity contribution is 7.88. The first kappa shape index (κ1) is 16.0. The molecule has 2 aromatic rings. The van der Waals surface area contributed by atoms with Gasteiger partial charge in [0.05, 0.1) is 11.9 Å².